The first-order valence-electron chi connectivity index (χ1n) is 7.49. The van der Waals surface area contributed by atoms with Crippen LogP contribution in [0.5, 0.6) is 11.5 Å². The smallest absolute Gasteiger partial charge is 0.269 e. The number of nitrogens with zero attached hydrogens (tertiary/aromatic N) is 1. The summed E-state index contributed by atoms with van der Waals surface area (Å²) < 4.78 is 10.2. The summed E-state index contributed by atoms with van der Waals surface area (Å²) in [4.78, 5) is 34.1. The van der Waals surface area contributed by atoms with Gasteiger partial charge >= 0.3 is 0 Å². The largest absolute Gasteiger partial charge is 0.493 e. The van der Waals surface area contributed by atoms with Crippen molar-refractivity contribution in [1.82, 2.24) is 10.9 Å². The molecular weight excluding hydrogens is 342 g/mol. The average molecular weight is 359 g/mol. The molecule has 0 bridgehead atoms. The minimum Gasteiger partial charge on any atom is -0.493 e. The predicted octanol–water partition coefficient (Wildman–Crippen LogP) is 1.62. The first kappa shape index (κ1) is 18.7. The fourth-order valence-corrected chi connectivity index (χ4v) is 2.14. The molecule has 0 heterocycles. The second-order valence-corrected chi connectivity index (χ2v) is 5.17. The quantitative estimate of drug-likeness (QED) is 0.597. The Morgan fingerprint density at radius 3 is 2.23 bits per heavy atom. The monoisotopic (exact) mass is 359 g/mol. The standard InChI is InChI=1S/C17H17N3O6/c1-25-14-8-5-12(10-15(14)26-2)17(22)19-18-16(21)9-11-3-6-13(7-4-11)20(23)24/h3-8,10H,9H2,1-2H3,(H,18,21)(H,19,22). The highest BCUT2D eigenvalue weighted by Crippen LogP contribution is 2.27. The molecule has 9 nitrogen and oxygen atoms in total. The molecule has 0 aliphatic heterocycles. The van der Waals surface area contributed by atoms with Crippen molar-refractivity contribution >= 4 is 17.5 Å². The van der Waals surface area contributed by atoms with E-state index in [2.05, 4.69) is 10.9 Å². The summed E-state index contributed by atoms with van der Waals surface area (Å²) in [6, 6.07) is 10.2. The lowest BCUT2D eigenvalue weighted by Crippen LogP contribution is -2.42. The number of carbonyl (C=O) groups is 2. The van der Waals surface area contributed by atoms with Crippen LogP contribution in [0.15, 0.2) is 42.5 Å². The van der Waals surface area contributed by atoms with Gasteiger partial charge in [-0.2, -0.15) is 0 Å². The van der Waals surface area contributed by atoms with Crippen molar-refractivity contribution in [3.63, 3.8) is 0 Å². The van der Waals surface area contributed by atoms with E-state index < -0.39 is 16.7 Å². The van der Waals surface area contributed by atoms with Crippen LogP contribution >= 0.6 is 0 Å². The van der Waals surface area contributed by atoms with Gasteiger partial charge in [0.2, 0.25) is 5.91 Å². The molecule has 2 aromatic rings. The van der Waals surface area contributed by atoms with Gasteiger partial charge in [0, 0.05) is 17.7 Å². The topological polar surface area (TPSA) is 120 Å². The Balaban J connectivity index is 1.92. The van der Waals surface area contributed by atoms with Crippen molar-refractivity contribution in [1.29, 1.82) is 0 Å². The Hall–Kier alpha value is -3.62. The van der Waals surface area contributed by atoms with Gasteiger partial charge in [-0.1, -0.05) is 12.1 Å². The summed E-state index contributed by atoms with van der Waals surface area (Å²) in [6.07, 6.45) is -0.0375. The van der Waals surface area contributed by atoms with Crippen LogP contribution in [0.25, 0.3) is 0 Å². The van der Waals surface area contributed by atoms with Crippen LogP contribution in [0.3, 0.4) is 0 Å². The predicted molar refractivity (Wildman–Crippen MR) is 92.0 cm³/mol. The second kappa shape index (κ2) is 8.47. The summed E-state index contributed by atoms with van der Waals surface area (Å²) >= 11 is 0. The highest BCUT2D eigenvalue weighted by molar-refractivity contribution is 5.96. The molecule has 2 N–H and O–H groups in total. The van der Waals surface area contributed by atoms with Crippen LogP contribution in [-0.2, 0) is 11.2 Å². The van der Waals surface area contributed by atoms with Gasteiger partial charge in [0.25, 0.3) is 11.6 Å². The zero-order valence-electron chi connectivity index (χ0n) is 14.1. The van der Waals surface area contributed by atoms with E-state index in [-0.39, 0.29) is 17.7 Å². The summed E-state index contributed by atoms with van der Waals surface area (Å²) in [6.45, 7) is 0. The molecule has 0 saturated heterocycles. The van der Waals surface area contributed by atoms with E-state index in [1.807, 2.05) is 0 Å². The van der Waals surface area contributed by atoms with Crippen molar-refractivity contribution in [3.8, 4) is 11.5 Å². The molecule has 0 spiro atoms. The molecule has 2 amide bonds. The summed E-state index contributed by atoms with van der Waals surface area (Å²) in [7, 11) is 2.93. The molecular formula is C17H17N3O6. The third-order valence-electron chi connectivity index (χ3n) is 3.47. The van der Waals surface area contributed by atoms with Crippen LogP contribution in [0.4, 0.5) is 5.69 Å². The van der Waals surface area contributed by atoms with Gasteiger partial charge in [0.05, 0.1) is 25.6 Å². The van der Waals surface area contributed by atoms with Crippen LogP contribution in [-0.4, -0.2) is 31.0 Å². The molecule has 0 fully saturated rings. The number of non-ortho nitro benzene ring substituents is 1. The van der Waals surface area contributed by atoms with Gasteiger partial charge in [-0.05, 0) is 23.8 Å². The zero-order valence-corrected chi connectivity index (χ0v) is 14.1. The number of nitro benzene ring substituents is 1. The van der Waals surface area contributed by atoms with Crippen molar-refractivity contribution in [2.75, 3.05) is 14.2 Å². The molecule has 26 heavy (non-hydrogen) atoms. The van der Waals surface area contributed by atoms with E-state index in [1.165, 1.54) is 50.6 Å². The number of methoxy groups -OCH3 is 2. The first-order chi connectivity index (χ1) is 12.4. The summed E-state index contributed by atoms with van der Waals surface area (Å²) in [5, 5.41) is 10.6. The third-order valence-corrected chi connectivity index (χ3v) is 3.47. The van der Waals surface area contributed by atoms with Gasteiger partial charge in [0.1, 0.15) is 0 Å². The lowest BCUT2D eigenvalue weighted by molar-refractivity contribution is -0.384. The van der Waals surface area contributed by atoms with E-state index >= 15 is 0 Å². The number of carbonyl (C=O) groups excluding carboxylic acids is 2. The number of amides is 2. The maximum atomic E-state index is 12.1. The van der Waals surface area contributed by atoms with Crippen molar-refractivity contribution in [2.45, 2.75) is 6.42 Å². The maximum Gasteiger partial charge on any atom is 0.269 e. The minimum absolute atomic E-state index is 0.0375. The van der Waals surface area contributed by atoms with E-state index in [9.17, 15) is 19.7 Å². The van der Waals surface area contributed by atoms with Crippen LogP contribution in [0.1, 0.15) is 15.9 Å². The highest BCUT2D eigenvalue weighted by Gasteiger charge is 2.12. The van der Waals surface area contributed by atoms with Gasteiger partial charge in [-0.15, -0.1) is 0 Å². The fourth-order valence-electron chi connectivity index (χ4n) is 2.14. The number of hydrogen-bond donors (Lipinski definition) is 2. The van der Waals surface area contributed by atoms with Crippen LogP contribution in [0.2, 0.25) is 0 Å². The molecule has 0 aliphatic carbocycles. The normalized spacial score (nSPS) is 9.92. The minimum atomic E-state index is -0.525. The summed E-state index contributed by atoms with van der Waals surface area (Å²) in [5.41, 5.74) is 5.38. The number of hydrogen-bond acceptors (Lipinski definition) is 6. The molecule has 0 atom stereocenters. The van der Waals surface area contributed by atoms with E-state index in [1.54, 1.807) is 6.07 Å². The molecule has 0 aromatic heterocycles. The lowest BCUT2D eigenvalue weighted by atomic mass is 10.1. The molecule has 2 aromatic carbocycles. The highest BCUT2D eigenvalue weighted by atomic mass is 16.6. The number of nitrogens with one attached hydrogen (secondary N) is 2. The van der Waals surface area contributed by atoms with Gasteiger partial charge in [0.15, 0.2) is 11.5 Å². The Morgan fingerprint density at radius 1 is 1.00 bits per heavy atom. The fraction of sp³-hybridized carbons (Fsp3) is 0.176. The molecule has 0 unspecified atom stereocenters. The molecule has 0 radical (unpaired) electrons. The van der Waals surface area contributed by atoms with Crippen LogP contribution < -0.4 is 20.3 Å². The van der Waals surface area contributed by atoms with Crippen molar-refractivity contribution < 1.29 is 24.0 Å². The number of ether oxygens (including phenoxy) is 2. The molecule has 9 heteroatoms. The first-order valence-corrected chi connectivity index (χ1v) is 7.49. The number of hydrazine groups is 1. The number of rotatable bonds is 6. The van der Waals surface area contributed by atoms with E-state index in [0.29, 0.717) is 17.1 Å². The molecule has 2 rings (SSSR count). The SMILES string of the molecule is COc1ccc(C(=O)NNC(=O)Cc2ccc([N+](=O)[O-])cc2)cc1OC. The van der Waals surface area contributed by atoms with Crippen LogP contribution in [0, 0.1) is 10.1 Å². The van der Waals surface area contributed by atoms with Gasteiger partial charge < -0.3 is 9.47 Å². The maximum absolute atomic E-state index is 12.1. The lowest BCUT2D eigenvalue weighted by Gasteiger charge is -2.10. The average Bonchev–Trinajstić information content (AvgIpc) is 2.65. The van der Waals surface area contributed by atoms with Crippen molar-refractivity contribution in [3.05, 3.63) is 63.7 Å². The number of benzene rings is 2. The van der Waals surface area contributed by atoms with E-state index in [4.69, 9.17) is 9.47 Å². The number of nitro groups is 1. The second-order valence-electron chi connectivity index (χ2n) is 5.17. The molecule has 136 valence electrons. The summed E-state index contributed by atoms with van der Waals surface area (Å²) in [5.74, 6) is -0.126. The van der Waals surface area contributed by atoms with Crippen molar-refractivity contribution in [2.24, 2.45) is 0 Å². The van der Waals surface area contributed by atoms with Gasteiger partial charge in [-0.3, -0.25) is 30.6 Å². The third kappa shape index (κ3) is 4.69. The van der Waals surface area contributed by atoms with Gasteiger partial charge in [-0.25, -0.2) is 0 Å². The zero-order chi connectivity index (χ0) is 19.1. The van der Waals surface area contributed by atoms with E-state index in [0.717, 1.165) is 0 Å². The Bertz CT molecular complexity index is 820. The molecule has 0 aliphatic rings. The molecule has 0 saturated carbocycles. The Morgan fingerprint density at radius 2 is 1.65 bits per heavy atom. The Kier molecular flexibility index (Phi) is 6.10. The Labute approximate surface area is 149 Å².